The first-order valence-electron chi connectivity index (χ1n) is 6.17. The average molecular weight is 236 g/mol. The average Bonchev–Trinajstić information content (AvgIpc) is 2.72. The van der Waals surface area contributed by atoms with Crippen molar-refractivity contribution in [1.82, 2.24) is 20.4 Å². The van der Waals surface area contributed by atoms with E-state index in [1.807, 2.05) is 17.9 Å². The molecular weight excluding hydrogens is 216 g/mol. The minimum Gasteiger partial charge on any atom is -0.359 e. The van der Waals surface area contributed by atoms with E-state index in [1.54, 1.807) is 7.05 Å². The molecule has 2 N–H and O–H groups in total. The largest absolute Gasteiger partial charge is 0.359 e. The maximum atomic E-state index is 11.1. The minimum absolute atomic E-state index is 0.0831. The van der Waals surface area contributed by atoms with Crippen molar-refractivity contribution in [2.45, 2.75) is 31.7 Å². The molecule has 1 heterocycles. The Labute approximate surface area is 102 Å². The molecule has 1 aliphatic rings. The second-order valence-electron chi connectivity index (χ2n) is 4.49. The molecule has 0 aromatic carbocycles. The number of hydrogen-bond donors (Lipinski definition) is 2. The lowest BCUT2D eigenvalue weighted by Gasteiger charge is -2.23. The monoisotopic (exact) mass is 236 g/mol. The molecule has 0 spiro atoms. The van der Waals surface area contributed by atoms with Gasteiger partial charge in [-0.1, -0.05) is 0 Å². The summed E-state index contributed by atoms with van der Waals surface area (Å²) < 4.78 is 1.96. The molecule has 1 aromatic heterocycles. The van der Waals surface area contributed by atoms with Crippen LogP contribution in [0.4, 0.5) is 0 Å². The number of nitrogens with zero attached hydrogens (tertiary/aromatic N) is 2. The lowest BCUT2D eigenvalue weighted by molar-refractivity contribution is -0.120. The number of aryl methyl sites for hydroxylation is 1. The molecule has 5 heteroatoms. The van der Waals surface area contributed by atoms with Crippen molar-refractivity contribution < 1.29 is 4.79 Å². The van der Waals surface area contributed by atoms with Crippen LogP contribution in [0.5, 0.6) is 0 Å². The van der Waals surface area contributed by atoms with E-state index in [-0.39, 0.29) is 5.91 Å². The summed E-state index contributed by atoms with van der Waals surface area (Å²) in [7, 11) is 3.66. The lowest BCUT2D eigenvalue weighted by atomic mass is 9.93. The lowest BCUT2D eigenvalue weighted by Crippen LogP contribution is -2.29. The predicted molar refractivity (Wildman–Crippen MR) is 65.6 cm³/mol. The molecule has 0 saturated heterocycles. The third-order valence-corrected chi connectivity index (χ3v) is 3.40. The molecular formula is C12H20N4O. The summed E-state index contributed by atoms with van der Waals surface area (Å²) in [5.41, 5.74) is 2.63. The Hall–Kier alpha value is -1.36. The third-order valence-electron chi connectivity index (χ3n) is 3.40. The van der Waals surface area contributed by atoms with Crippen LogP contribution >= 0.6 is 0 Å². The van der Waals surface area contributed by atoms with E-state index in [0.717, 1.165) is 19.4 Å². The van der Waals surface area contributed by atoms with Crippen LogP contribution in [0, 0.1) is 0 Å². The van der Waals surface area contributed by atoms with E-state index in [1.165, 1.54) is 17.7 Å². The van der Waals surface area contributed by atoms with Gasteiger partial charge in [0.2, 0.25) is 5.91 Å². The van der Waals surface area contributed by atoms with Crippen LogP contribution in [0.1, 0.15) is 36.6 Å². The molecule has 94 valence electrons. The zero-order valence-corrected chi connectivity index (χ0v) is 10.5. The van der Waals surface area contributed by atoms with Crippen LogP contribution < -0.4 is 10.6 Å². The number of fused-ring (bicyclic) bond motifs is 1. The SMILES string of the molecule is CNC(=O)CCNC1CCCc2c1cnn2C. The number of amides is 1. The quantitative estimate of drug-likeness (QED) is 0.801. The first-order chi connectivity index (χ1) is 8.22. The number of aromatic nitrogens is 2. The molecule has 1 unspecified atom stereocenters. The molecule has 0 saturated carbocycles. The van der Waals surface area contributed by atoms with Gasteiger partial charge in [0.1, 0.15) is 0 Å². The predicted octanol–water partition coefficient (Wildman–Crippen LogP) is 0.523. The molecule has 1 amide bonds. The molecule has 1 aliphatic carbocycles. The van der Waals surface area contributed by atoms with Gasteiger partial charge in [0.25, 0.3) is 0 Å². The summed E-state index contributed by atoms with van der Waals surface area (Å²) in [6.07, 6.45) is 5.91. The Bertz CT molecular complexity index is 399. The fraction of sp³-hybridized carbons (Fsp3) is 0.667. The highest BCUT2D eigenvalue weighted by molar-refractivity contribution is 5.75. The second-order valence-corrected chi connectivity index (χ2v) is 4.49. The van der Waals surface area contributed by atoms with Crippen LogP contribution in [0.2, 0.25) is 0 Å². The van der Waals surface area contributed by atoms with Crippen molar-refractivity contribution in [3.8, 4) is 0 Å². The van der Waals surface area contributed by atoms with Gasteiger partial charge in [0.15, 0.2) is 0 Å². The standard InChI is InChI=1S/C12H20N4O/c1-13-12(17)6-7-14-10-4-3-5-11-9(10)8-15-16(11)2/h8,10,14H,3-7H2,1-2H3,(H,13,17). The van der Waals surface area contributed by atoms with E-state index in [2.05, 4.69) is 15.7 Å². The molecule has 0 aliphatic heterocycles. The summed E-state index contributed by atoms with van der Waals surface area (Å²) in [6, 6.07) is 0.358. The molecule has 0 bridgehead atoms. The fourth-order valence-corrected chi connectivity index (χ4v) is 2.40. The Kier molecular flexibility index (Phi) is 3.78. The second kappa shape index (κ2) is 5.31. The van der Waals surface area contributed by atoms with Crippen molar-refractivity contribution in [3.63, 3.8) is 0 Å². The maximum absolute atomic E-state index is 11.1. The normalized spacial score (nSPS) is 18.8. The van der Waals surface area contributed by atoms with E-state index < -0.39 is 0 Å². The highest BCUT2D eigenvalue weighted by Crippen LogP contribution is 2.28. The van der Waals surface area contributed by atoms with E-state index in [4.69, 9.17) is 0 Å². The van der Waals surface area contributed by atoms with Crippen molar-refractivity contribution >= 4 is 5.91 Å². The van der Waals surface area contributed by atoms with Gasteiger partial charge in [0, 0.05) is 44.4 Å². The Balaban J connectivity index is 1.92. The van der Waals surface area contributed by atoms with E-state index in [9.17, 15) is 4.79 Å². The van der Waals surface area contributed by atoms with Crippen LogP contribution in [0.15, 0.2) is 6.20 Å². The maximum Gasteiger partial charge on any atom is 0.221 e. The highest BCUT2D eigenvalue weighted by Gasteiger charge is 2.22. The van der Waals surface area contributed by atoms with E-state index in [0.29, 0.717) is 12.5 Å². The fourth-order valence-electron chi connectivity index (χ4n) is 2.40. The molecule has 0 fully saturated rings. The summed E-state index contributed by atoms with van der Waals surface area (Å²) >= 11 is 0. The Morgan fingerprint density at radius 2 is 2.47 bits per heavy atom. The molecule has 1 atom stereocenters. The van der Waals surface area contributed by atoms with Crippen molar-refractivity contribution in [2.75, 3.05) is 13.6 Å². The summed E-state index contributed by atoms with van der Waals surface area (Å²) in [6.45, 7) is 0.721. The van der Waals surface area contributed by atoms with Gasteiger partial charge in [-0.25, -0.2) is 0 Å². The molecule has 2 rings (SSSR count). The van der Waals surface area contributed by atoms with Crippen LogP contribution in [0.3, 0.4) is 0 Å². The van der Waals surface area contributed by atoms with Gasteiger partial charge in [0.05, 0.1) is 6.20 Å². The summed E-state index contributed by atoms with van der Waals surface area (Å²) in [5.74, 6) is 0.0831. The van der Waals surface area contributed by atoms with Crippen molar-refractivity contribution in [1.29, 1.82) is 0 Å². The first kappa shape index (κ1) is 12.1. The zero-order chi connectivity index (χ0) is 12.3. The van der Waals surface area contributed by atoms with Crippen LogP contribution in [-0.2, 0) is 18.3 Å². The van der Waals surface area contributed by atoms with E-state index >= 15 is 0 Å². The summed E-state index contributed by atoms with van der Waals surface area (Å²) in [5, 5.41) is 10.4. The summed E-state index contributed by atoms with van der Waals surface area (Å²) in [4.78, 5) is 11.1. The highest BCUT2D eigenvalue weighted by atomic mass is 16.1. The van der Waals surface area contributed by atoms with Gasteiger partial charge in [-0.3, -0.25) is 9.48 Å². The van der Waals surface area contributed by atoms with Gasteiger partial charge in [-0.15, -0.1) is 0 Å². The number of carbonyl (C=O) groups is 1. The van der Waals surface area contributed by atoms with Crippen LogP contribution in [-0.4, -0.2) is 29.3 Å². The van der Waals surface area contributed by atoms with Crippen molar-refractivity contribution in [2.24, 2.45) is 7.05 Å². The van der Waals surface area contributed by atoms with Gasteiger partial charge >= 0.3 is 0 Å². The number of carbonyl (C=O) groups excluding carboxylic acids is 1. The Morgan fingerprint density at radius 1 is 1.65 bits per heavy atom. The molecule has 17 heavy (non-hydrogen) atoms. The number of hydrogen-bond acceptors (Lipinski definition) is 3. The molecule has 1 aromatic rings. The Morgan fingerprint density at radius 3 is 3.24 bits per heavy atom. The van der Waals surface area contributed by atoms with Gasteiger partial charge < -0.3 is 10.6 Å². The molecule has 5 nitrogen and oxygen atoms in total. The van der Waals surface area contributed by atoms with Crippen LogP contribution in [0.25, 0.3) is 0 Å². The van der Waals surface area contributed by atoms with Gasteiger partial charge in [-0.2, -0.15) is 5.10 Å². The smallest absolute Gasteiger partial charge is 0.221 e. The first-order valence-corrected chi connectivity index (χ1v) is 6.17. The number of nitrogens with one attached hydrogen (secondary N) is 2. The number of rotatable bonds is 4. The molecule has 0 radical (unpaired) electrons. The zero-order valence-electron chi connectivity index (χ0n) is 10.5. The third kappa shape index (κ3) is 2.66. The minimum atomic E-state index is 0.0831. The van der Waals surface area contributed by atoms with Crippen molar-refractivity contribution in [3.05, 3.63) is 17.5 Å². The van der Waals surface area contributed by atoms with Gasteiger partial charge in [-0.05, 0) is 19.3 Å². The topological polar surface area (TPSA) is 59.0 Å².